The van der Waals surface area contributed by atoms with Gasteiger partial charge in [-0.3, -0.25) is 4.79 Å². The van der Waals surface area contributed by atoms with Crippen molar-refractivity contribution < 1.29 is 14.3 Å². The van der Waals surface area contributed by atoms with E-state index in [2.05, 4.69) is 6.92 Å². The second kappa shape index (κ2) is 7.09. The molecule has 2 rings (SSSR count). The van der Waals surface area contributed by atoms with Crippen LogP contribution in [0, 0.1) is 0 Å². The van der Waals surface area contributed by atoms with Crippen molar-refractivity contribution in [1.29, 1.82) is 0 Å². The molecule has 3 nitrogen and oxygen atoms in total. The zero-order chi connectivity index (χ0) is 15.2. The minimum atomic E-state index is 0.0116. The zero-order valence-electron chi connectivity index (χ0n) is 12.4. The molecular weight excluding hydrogens is 284 g/mol. The largest absolute Gasteiger partial charge is 0.497 e. The molecule has 0 N–H and O–H groups in total. The lowest BCUT2D eigenvalue weighted by molar-refractivity contribution is 0.105. The summed E-state index contributed by atoms with van der Waals surface area (Å²) in [5.41, 5.74) is 0.846. The molecule has 0 saturated heterocycles. The summed E-state index contributed by atoms with van der Waals surface area (Å²) in [6, 6.07) is 9.38. The van der Waals surface area contributed by atoms with Gasteiger partial charge in [0.2, 0.25) is 0 Å². The molecule has 1 heterocycles. The van der Waals surface area contributed by atoms with Crippen molar-refractivity contribution in [2.45, 2.75) is 13.3 Å². The van der Waals surface area contributed by atoms with Crippen LogP contribution in [-0.4, -0.2) is 20.0 Å². The second-order valence-electron chi connectivity index (χ2n) is 4.42. The molecule has 110 valence electrons. The molecule has 1 aromatic heterocycles. The molecule has 21 heavy (non-hydrogen) atoms. The SMILES string of the molecule is CCc1ccc(C(=O)/C=C/c2ccc(OC)cc2OC)s1. The Bertz CT molecular complexity index is 656. The van der Waals surface area contributed by atoms with Gasteiger partial charge in [0, 0.05) is 16.5 Å². The van der Waals surface area contributed by atoms with E-state index in [4.69, 9.17) is 9.47 Å². The van der Waals surface area contributed by atoms with Gasteiger partial charge < -0.3 is 9.47 Å². The number of methoxy groups -OCH3 is 2. The number of rotatable bonds is 6. The highest BCUT2D eigenvalue weighted by Crippen LogP contribution is 2.26. The van der Waals surface area contributed by atoms with Crippen LogP contribution in [-0.2, 0) is 6.42 Å². The van der Waals surface area contributed by atoms with Gasteiger partial charge >= 0.3 is 0 Å². The summed E-state index contributed by atoms with van der Waals surface area (Å²) < 4.78 is 10.5. The van der Waals surface area contributed by atoms with Crippen LogP contribution in [0.2, 0.25) is 0 Å². The first-order valence-corrected chi connectivity index (χ1v) is 7.52. The molecule has 0 atom stereocenters. The van der Waals surface area contributed by atoms with Crippen LogP contribution in [0.25, 0.3) is 6.08 Å². The predicted octanol–water partition coefficient (Wildman–Crippen LogP) is 4.22. The van der Waals surface area contributed by atoms with Crippen molar-refractivity contribution >= 4 is 23.2 Å². The molecule has 0 radical (unpaired) electrons. The van der Waals surface area contributed by atoms with E-state index < -0.39 is 0 Å². The number of hydrogen-bond acceptors (Lipinski definition) is 4. The topological polar surface area (TPSA) is 35.5 Å². The summed E-state index contributed by atoms with van der Waals surface area (Å²) in [6.45, 7) is 2.08. The third-order valence-electron chi connectivity index (χ3n) is 3.11. The molecule has 2 aromatic rings. The first-order valence-electron chi connectivity index (χ1n) is 6.71. The van der Waals surface area contributed by atoms with Gasteiger partial charge in [0.15, 0.2) is 5.78 Å². The Kier molecular flexibility index (Phi) is 5.17. The highest BCUT2D eigenvalue weighted by molar-refractivity contribution is 7.14. The van der Waals surface area contributed by atoms with Crippen molar-refractivity contribution in [3.8, 4) is 11.5 Å². The van der Waals surface area contributed by atoms with Gasteiger partial charge in [-0.1, -0.05) is 6.92 Å². The third-order valence-corrected chi connectivity index (χ3v) is 4.35. The van der Waals surface area contributed by atoms with E-state index in [1.165, 1.54) is 4.88 Å². The number of carbonyl (C=O) groups excluding carboxylic acids is 1. The molecular formula is C17H18O3S. The summed E-state index contributed by atoms with van der Waals surface area (Å²) in [5.74, 6) is 1.41. The Morgan fingerprint density at radius 2 is 2.00 bits per heavy atom. The van der Waals surface area contributed by atoms with Crippen LogP contribution >= 0.6 is 11.3 Å². The van der Waals surface area contributed by atoms with Gasteiger partial charge in [0.05, 0.1) is 19.1 Å². The number of carbonyl (C=O) groups is 1. The number of hydrogen-bond donors (Lipinski definition) is 0. The van der Waals surface area contributed by atoms with Gasteiger partial charge in [0.1, 0.15) is 11.5 Å². The summed E-state index contributed by atoms with van der Waals surface area (Å²) in [7, 11) is 3.21. The first-order chi connectivity index (χ1) is 10.2. The van der Waals surface area contributed by atoms with Crippen LogP contribution in [0.4, 0.5) is 0 Å². The Morgan fingerprint density at radius 1 is 1.19 bits per heavy atom. The van der Waals surface area contributed by atoms with Crippen LogP contribution in [0.3, 0.4) is 0 Å². The van der Waals surface area contributed by atoms with E-state index in [-0.39, 0.29) is 5.78 Å². The normalized spacial score (nSPS) is 10.8. The number of aryl methyl sites for hydroxylation is 1. The predicted molar refractivity (Wildman–Crippen MR) is 86.6 cm³/mol. The van der Waals surface area contributed by atoms with Gasteiger partial charge in [-0.15, -0.1) is 11.3 Å². The first kappa shape index (κ1) is 15.3. The maximum Gasteiger partial charge on any atom is 0.195 e. The van der Waals surface area contributed by atoms with Crippen LogP contribution in [0.15, 0.2) is 36.4 Å². The molecule has 0 saturated carbocycles. The fraction of sp³-hybridized carbons (Fsp3) is 0.235. The number of ether oxygens (including phenoxy) is 2. The molecule has 4 heteroatoms. The quantitative estimate of drug-likeness (QED) is 0.592. The Labute approximate surface area is 128 Å². The fourth-order valence-corrected chi connectivity index (χ4v) is 2.77. The lowest BCUT2D eigenvalue weighted by Crippen LogP contribution is -1.92. The highest BCUT2D eigenvalue weighted by atomic mass is 32.1. The second-order valence-corrected chi connectivity index (χ2v) is 5.59. The van der Waals surface area contributed by atoms with Crippen molar-refractivity contribution in [3.05, 3.63) is 51.7 Å². The van der Waals surface area contributed by atoms with Crippen molar-refractivity contribution in [3.63, 3.8) is 0 Å². The third kappa shape index (κ3) is 3.73. The molecule has 1 aromatic carbocycles. The summed E-state index contributed by atoms with van der Waals surface area (Å²) in [5, 5.41) is 0. The molecule has 0 aliphatic heterocycles. The van der Waals surface area contributed by atoms with Gasteiger partial charge in [-0.05, 0) is 42.8 Å². The highest BCUT2D eigenvalue weighted by Gasteiger charge is 2.07. The molecule has 0 aliphatic carbocycles. The zero-order valence-corrected chi connectivity index (χ0v) is 13.2. The van der Waals surface area contributed by atoms with E-state index in [0.717, 1.165) is 22.6 Å². The maximum atomic E-state index is 12.1. The van der Waals surface area contributed by atoms with E-state index in [9.17, 15) is 4.79 Å². The summed E-state index contributed by atoms with van der Waals surface area (Å²) in [4.78, 5) is 14.1. The lowest BCUT2D eigenvalue weighted by Gasteiger charge is -2.07. The molecule has 0 unspecified atom stereocenters. The van der Waals surface area contributed by atoms with Crippen LogP contribution in [0.1, 0.15) is 27.0 Å². The standard InChI is InChI=1S/C17H18O3S/c1-4-14-8-10-17(21-14)15(18)9-6-12-5-7-13(19-2)11-16(12)20-3/h5-11H,4H2,1-3H3/b9-6+. The Balaban J connectivity index is 2.18. The van der Waals surface area contributed by atoms with E-state index in [0.29, 0.717) is 5.75 Å². The van der Waals surface area contributed by atoms with Gasteiger partial charge in [-0.25, -0.2) is 0 Å². The monoisotopic (exact) mass is 302 g/mol. The van der Waals surface area contributed by atoms with Crippen LogP contribution < -0.4 is 9.47 Å². The van der Waals surface area contributed by atoms with Crippen molar-refractivity contribution in [1.82, 2.24) is 0 Å². The van der Waals surface area contributed by atoms with Crippen molar-refractivity contribution in [2.24, 2.45) is 0 Å². The minimum Gasteiger partial charge on any atom is -0.497 e. The smallest absolute Gasteiger partial charge is 0.195 e. The minimum absolute atomic E-state index is 0.0116. The molecule has 0 bridgehead atoms. The average Bonchev–Trinajstić information content (AvgIpc) is 3.01. The summed E-state index contributed by atoms with van der Waals surface area (Å²) in [6.07, 6.45) is 4.30. The number of allylic oxidation sites excluding steroid dienone is 1. The Hall–Kier alpha value is -2.07. The van der Waals surface area contributed by atoms with E-state index in [1.54, 1.807) is 43.8 Å². The number of thiophene rings is 1. The van der Waals surface area contributed by atoms with Crippen molar-refractivity contribution in [2.75, 3.05) is 14.2 Å². The number of benzene rings is 1. The fourth-order valence-electron chi connectivity index (χ4n) is 1.90. The van der Waals surface area contributed by atoms with E-state index in [1.807, 2.05) is 24.3 Å². The molecule has 0 spiro atoms. The lowest BCUT2D eigenvalue weighted by atomic mass is 10.1. The Morgan fingerprint density at radius 3 is 2.62 bits per heavy atom. The molecule has 0 fully saturated rings. The van der Waals surface area contributed by atoms with Crippen LogP contribution in [0.5, 0.6) is 11.5 Å². The molecule has 0 amide bonds. The average molecular weight is 302 g/mol. The molecule has 0 aliphatic rings. The van der Waals surface area contributed by atoms with E-state index >= 15 is 0 Å². The maximum absolute atomic E-state index is 12.1. The summed E-state index contributed by atoms with van der Waals surface area (Å²) >= 11 is 1.54. The number of ketones is 1. The van der Waals surface area contributed by atoms with Gasteiger partial charge in [0.25, 0.3) is 0 Å². The van der Waals surface area contributed by atoms with Gasteiger partial charge in [-0.2, -0.15) is 0 Å².